The second-order valence-electron chi connectivity index (χ2n) is 15.0. The first-order chi connectivity index (χ1) is 18.9. The van der Waals surface area contributed by atoms with Crippen molar-refractivity contribution in [3.63, 3.8) is 0 Å². The third kappa shape index (κ3) is 10.9. The molecule has 0 N–H and O–H groups in total. The molecule has 0 nitrogen and oxygen atoms in total. The minimum Gasteiger partial charge on any atom is -1.00 e. The maximum atomic E-state index is 1.63. The molecule has 0 unspecified atom stereocenters. The third-order valence-electron chi connectivity index (χ3n) is 12.5. The molecular weight excluding hydrogens is 588 g/mol. The Bertz CT molecular complexity index is 471. The first-order valence-electron chi connectivity index (χ1n) is 18.6. The molecule has 4 heteroatoms. The van der Waals surface area contributed by atoms with Crippen LogP contribution in [0.3, 0.4) is 0 Å². The summed E-state index contributed by atoms with van der Waals surface area (Å²) in [6.07, 6.45) is 47.6. The van der Waals surface area contributed by atoms with Crippen molar-refractivity contribution in [2.75, 3.05) is 0 Å². The van der Waals surface area contributed by atoms with Crippen molar-refractivity contribution >= 4 is 15.8 Å². The number of hydrogen-bond acceptors (Lipinski definition) is 0. The van der Waals surface area contributed by atoms with Crippen molar-refractivity contribution in [1.29, 1.82) is 0 Å². The van der Waals surface area contributed by atoms with Crippen LogP contribution in [0.15, 0.2) is 0 Å². The van der Waals surface area contributed by atoms with E-state index in [1.807, 2.05) is 0 Å². The molecule has 0 saturated heterocycles. The number of halogens is 1. The quantitative estimate of drug-likeness (QED) is 0.197. The average molecular weight is 657 g/mol. The van der Waals surface area contributed by atoms with Gasteiger partial charge < -0.3 is 12.4 Å². The minimum atomic E-state index is -0.0465. The van der Waals surface area contributed by atoms with Gasteiger partial charge in [0.05, 0.1) is 34.0 Å². The summed E-state index contributed by atoms with van der Waals surface area (Å²) in [5.41, 5.74) is 7.36. The van der Waals surface area contributed by atoms with Gasteiger partial charge in [0.15, 0.2) is 0 Å². The Morgan fingerprint density at radius 1 is 0.225 bits per heavy atom. The smallest absolute Gasteiger partial charge is 0.0680 e. The second-order valence-corrected chi connectivity index (χ2v) is 21.9. The van der Waals surface area contributed by atoms with Crippen molar-refractivity contribution < 1.29 is 28.9 Å². The normalized spacial score (nSPS) is 27.4. The predicted octanol–water partition coefficient (Wildman–Crippen LogP) is 9.40. The van der Waals surface area contributed by atoms with E-state index < -0.39 is 0 Å². The zero-order chi connectivity index (χ0) is 25.8. The number of hydrogen-bond donors (Lipinski definition) is 0. The molecule has 6 aliphatic rings. The Hall–Kier alpha value is 1.64. The standard InChI is InChI=1S/2C18H33P.ClH.Ni/c2*1-4-10-16(11-5-1)19(17-12-6-2-7-13-17)18-14-8-3-9-15-18;;/h2*16-18H,1-15H2;1H;/p+1. The number of rotatable bonds is 6. The average Bonchev–Trinajstić information content (AvgIpc) is 3.01. The second kappa shape index (κ2) is 20.6. The maximum Gasteiger partial charge on any atom is 0.0680 e. The van der Waals surface area contributed by atoms with Gasteiger partial charge in [-0.25, -0.2) is 0 Å². The summed E-state index contributed by atoms with van der Waals surface area (Å²) >= 11 is 0. The summed E-state index contributed by atoms with van der Waals surface area (Å²) in [5.74, 6) is 0. The van der Waals surface area contributed by atoms with Crippen LogP contribution in [0.2, 0.25) is 0 Å². The van der Waals surface area contributed by atoms with E-state index in [-0.39, 0.29) is 44.7 Å². The fourth-order valence-electron chi connectivity index (χ4n) is 10.6. The molecule has 0 atom stereocenters. The van der Waals surface area contributed by atoms with E-state index in [1.54, 1.807) is 193 Å². The third-order valence-corrected chi connectivity index (χ3v) is 21.6. The van der Waals surface area contributed by atoms with E-state index in [9.17, 15) is 0 Å². The van der Waals surface area contributed by atoms with Gasteiger partial charge >= 0.3 is 0 Å². The first-order valence-corrected chi connectivity index (χ1v) is 22.1. The molecule has 0 aromatic heterocycles. The minimum absolute atomic E-state index is 0. The molecule has 6 aliphatic carbocycles. The maximum absolute atomic E-state index is 1.63. The van der Waals surface area contributed by atoms with Gasteiger partial charge in [0, 0.05) is 32.3 Å². The summed E-state index contributed by atoms with van der Waals surface area (Å²) in [4.78, 5) is 0. The van der Waals surface area contributed by atoms with Gasteiger partial charge in [0.2, 0.25) is 0 Å². The molecule has 0 heterocycles. The van der Waals surface area contributed by atoms with E-state index in [2.05, 4.69) is 0 Å². The molecule has 0 aromatic carbocycles. The summed E-state index contributed by atoms with van der Waals surface area (Å²) in [5, 5.41) is 0. The molecule has 0 spiro atoms. The van der Waals surface area contributed by atoms with Gasteiger partial charge in [0.1, 0.15) is 0 Å². The Kier molecular flexibility index (Phi) is 18.6. The fraction of sp³-hybridized carbons (Fsp3) is 1.00. The SMILES string of the molecule is C1CCC([PH+](C2CCCCC2)C2CCCCC2)CC1.C1CCC([PH+](C2CCCCC2)C2CCCCC2)CC1.[Cl-].[Ni]. The van der Waals surface area contributed by atoms with Gasteiger partial charge in [-0.15, -0.1) is 0 Å². The van der Waals surface area contributed by atoms with Crippen LogP contribution in [0.25, 0.3) is 0 Å². The van der Waals surface area contributed by atoms with Crippen molar-refractivity contribution in [2.24, 2.45) is 0 Å². The summed E-state index contributed by atoms with van der Waals surface area (Å²) in [6.45, 7) is 0. The molecule has 6 saturated carbocycles. The van der Waals surface area contributed by atoms with Crippen LogP contribution in [0.4, 0.5) is 0 Å². The molecule has 238 valence electrons. The molecule has 6 fully saturated rings. The van der Waals surface area contributed by atoms with Crippen LogP contribution in [0, 0.1) is 0 Å². The predicted molar refractivity (Wildman–Crippen MR) is 178 cm³/mol. The van der Waals surface area contributed by atoms with E-state index in [0.717, 1.165) is 0 Å². The summed E-state index contributed by atoms with van der Waals surface area (Å²) in [6, 6.07) is 0. The van der Waals surface area contributed by atoms with Crippen LogP contribution in [0.5, 0.6) is 0 Å². The van der Waals surface area contributed by atoms with Gasteiger partial charge in [-0.1, -0.05) is 38.5 Å². The first kappa shape index (κ1) is 36.1. The largest absolute Gasteiger partial charge is 1.00 e. The molecule has 0 aromatic rings. The van der Waals surface area contributed by atoms with Crippen LogP contribution in [-0.4, -0.2) is 34.0 Å². The van der Waals surface area contributed by atoms with Gasteiger partial charge in [-0.05, 0) is 154 Å². The van der Waals surface area contributed by atoms with Crippen molar-refractivity contribution in [1.82, 2.24) is 0 Å². The Morgan fingerprint density at radius 2 is 0.350 bits per heavy atom. The Morgan fingerprint density at radius 3 is 0.475 bits per heavy atom. The molecule has 40 heavy (non-hydrogen) atoms. The van der Waals surface area contributed by atoms with Gasteiger partial charge in [-0.3, -0.25) is 0 Å². The molecule has 0 radical (unpaired) electrons. The van der Waals surface area contributed by atoms with E-state index in [0.29, 0.717) is 0 Å². The Balaban J connectivity index is 0.000000210. The summed E-state index contributed by atoms with van der Waals surface area (Å²) < 4.78 is 0. The summed E-state index contributed by atoms with van der Waals surface area (Å²) in [7, 11) is -0.0930. The molecule has 0 bridgehead atoms. The van der Waals surface area contributed by atoms with Crippen LogP contribution in [-0.2, 0) is 16.5 Å². The van der Waals surface area contributed by atoms with E-state index in [1.165, 1.54) is 34.0 Å². The Labute approximate surface area is 270 Å². The van der Waals surface area contributed by atoms with Crippen LogP contribution >= 0.6 is 15.8 Å². The van der Waals surface area contributed by atoms with Crippen molar-refractivity contribution in [2.45, 2.75) is 227 Å². The van der Waals surface area contributed by atoms with Crippen LogP contribution in [0.1, 0.15) is 193 Å². The van der Waals surface area contributed by atoms with Crippen molar-refractivity contribution in [3.05, 3.63) is 0 Å². The molecule has 0 amide bonds. The topological polar surface area (TPSA) is 0 Å². The van der Waals surface area contributed by atoms with Crippen LogP contribution < -0.4 is 12.4 Å². The molecule has 6 rings (SSSR count). The van der Waals surface area contributed by atoms with E-state index >= 15 is 0 Å². The zero-order valence-corrected chi connectivity index (χ0v) is 30.1. The zero-order valence-electron chi connectivity index (χ0n) is 26.4. The fourth-order valence-corrected chi connectivity index (χ4v) is 21.1. The molecule has 0 aliphatic heterocycles. The monoisotopic (exact) mass is 655 g/mol. The van der Waals surface area contributed by atoms with E-state index in [4.69, 9.17) is 0 Å². The van der Waals surface area contributed by atoms with Gasteiger partial charge in [0.25, 0.3) is 0 Å². The van der Waals surface area contributed by atoms with Gasteiger partial charge in [-0.2, -0.15) is 0 Å². The van der Waals surface area contributed by atoms with Crippen molar-refractivity contribution in [3.8, 4) is 0 Å². The molecular formula is C36H68ClNiP2+.